The SMILES string of the molecule is CC(C)(CNCC1(C#N)CCC1)c1cccc(Br)c1. The lowest BCUT2D eigenvalue weighted by molar-refractivity contribution is 0.203. The Morgan fingerprint density at radius 2 is 2.16 bits per heavy atom. The number of hydrogen-bond donors (Lipinski definition) is 1. The third kappa shape index (κ3) is 3.38. The van der Waals surface area contributed by atoms with Crippen LogP contribution in [0, 0.1) is 16.7 Å². The second-order valence-electron chi connectivity index (χ2n) is 6.24. The Balaban J connectivity index is 1.93. The van der Waals surface area contributed by atoms with Crippen LogP contribution in [0.3, 0.4) is 0 Å². The molecule has 0 aliphatic heterocycles. The van der Waals surface area contributed by atoms with Crippen molar-refractivity contribution in [3.05, 3.63) is 34.3 Å². The molecule has 102 valence electrons. The zero-order valence-corrected chi connectivity index (χ0v) is 13.3. The first-order chi connectivity index (χ1) is 8.97. The first kappa shape index (κ1) is 14.6. The molecule has 0 atom stereocenters. The van der Waals surface area contributed by atoms with Gasteiger partial charge in [-0.2, -0.15) is 5.26 Å². The highest BCUT2D eigenvalue weighted by molar-refractivity contribution is 9.10. The zero-order valence-electron chi connectivity index (χ0n) is 11.7. The molecule has 0 amide bonds. The lowest BCUT2D eigenvalue weighted by Crippen LogP contribution is -2.43. The maximum Gasteiger partial charge on any atom is 0.0703 e. The molecular weight excluding hydrogens is 300 g/mol. The van der Waals surface area contributed by atoms with Crippen LogP contribution < -0.4 is 5.32 Å². The van der Waals surface area contributed by atoms with E-state index in [9.17, 15) is 5.26 Å². The van der Waals surface area contributed by atoms with Crippen LogP contribution in [0.4, 0.5) is 0 Å². The summed E-state index contributed by atoms with van der Waals surface area (Å²) in [7, 11) is 0. The Bertz CT molecular complexity index is 484. The van der Waals surface area contributed by atoms with Gasteiger partial charge in [-0.1, -0.05) is 48.3 Å². The molecule has 1 aromatic carbocycles. The van der Waals surface area contributed by atoms with Gasteiger partial charge in [0.2, 0.25) is 0 Å². The van der Waals surface area contributed by atoms with E-state index in [1.165, 1.54) is 12.0 Å². The molecule has 0 heterocycles. The van der Waals surface area contributed by atoms with Crippen molar-refractivity contribution < 1.29 is 0 Å². The van der Waals surface area contributed by atoms with Crippen molar-refractivity contribution in [3.63, 3.8) is 0 Å². The van der Waals surface area contributed by atoms with E-state index in [1.54, 1.807) is 0 Å². The van der Waals surface area contributed by atoms with Gasteiger partial charge in [-0.3, -0.25) is 0 Å². The molecule has 2 nitrogen and oxygen atoms in total. The normalized spacial score (nSPS) is 17.6. The molecule has 0 unspecified atom stereocenters. The van der Waals surface area contributed by atoms with Crippen LogP contribution in [0.1, 0.15) is 38.7 Å². The molecule has 19 heavy (non-hydrogen) atoms. The highest BCUT2D eigenvalue weighted by Crippen LogP contribution is 2.39. The van der Waals surface area contributed by atoms with Crippen molar-refractivity contribution in [1.82, 2.24) is 5.32 Å². The number of benzene rings is 1. The molecule has 0 saturated heterocycles. The van der Waals surface area contributed by atoms with Gasteiger partial charge in [0.1, 0.15) is 0 Å². The van der Waals surface area contributed by atoms with Gasteiger partial charge < -0.3 is 5.32 Å². The van der Waals surface area contributed by atoms with E-state index in [0.717, 1.165) is 30.4 Å². The van der Waals surface area contributed by atoms with Crippen molar-refractivity contribution in [2.24, 2.45) is 5.41 Å². The molecule has 0 aromatic heterocycles. The second kappa shape index (κ2) is 5.64. The van der Waals surface area contributed by atoms with Gasteiger partial charge in [0.05, 0.1) is 11.5 Å². The van der Waals surface area contributed by atoms with Crippen LogP contribution in [0.15, 0.2) is 28.7 Å². The Labute approximate surface area is 124 Å². The molecule has 0 radical (unpaired) electrons. The van der Waals surface area contributed by atoms with Gasteiger partial charge in [0, 0.05) is 23.0 Å². The largest absolute Gasteiger partial charge is 0.314 e. The highest BCUT2D eigenvalue weighted by Gasteiger charge is 2.37. The molecule has 1 N–H and O–H groups in total. The van der Waals surface area contributed by atoms with Gasteiger partial charge >= 0.3 is 0 Å². The molecule has 1 saturated carbocycles. The van der Waals surface area contributed by atoms with Crippen LogP contribution in [0.5, 0.6) is 0 Å². The monoisotopic (exact) mass is 320 g/mol. The standard InChI is InChI=1S/C16H21BrN2/c1-15(2,13-5-3-6-14(17)9-13)11-19-12-16(10-18)7-4-8-16/h3,5-6,9,19H,4,7-8,11-12H2,1-2H3. The predicted octanol–water partition coefficient (Wildman–Crippen LogP) is 4.01. The third-order valence-corrected chi connectivity index (χ3v) is 4.68. The molecule has 1 aliphatic rings. The summed E-state index contributed by atoms with van der Waals surface area (Å²) in [6.07, 6.45) is 3.30. The number of nitriles is 1. The molecule has 1 aliphatic carbocycles. The molecule has 0 spiro atoms. The first-order valence-electron chi connectivity index (χ1n) is 6.86. The topological polar surface area (TPSA) is 35.8 Å². The summed E-state index contributed by atoms with van der Waals surface area (Å²) < 4.78 is 1.12. The lowest BCUT2D eigenvalue weighted by atomic mass is 9.70. The fourth-order valence-corrected chi connectivity index (χ4v) is 2.96. The number of nitrogens with zero attached hydrogens (tertiary/aromatic N) is 1. The van der Waals surface area contributed by atoms with Crippen molar-refractivity contribution in [2.75, 3.05) is 13.1 Å². The van der Waals surface area contributed by atoms with Gasteiger partial charge in [0.15, 0.2) is 0 Å². The van der Waals surface area contributed by atoms with Crippen molar-refractivity contribution >= 4 is 15.9 Å². The third-order valence-electron chi connectivity index (χ3n) is 4.18. The smallest absolute Gasteiger partial charge is 0.0703 e. The maximum atomic E-state index is 9.22. The highest BCUT2D eigenvalue weighted by atomic mass is 79.9. The maximum absolute atomic E-state index is 9.22. The summed E-state index contributed by atoms with van der Waals surface area (Å²) in [6.45, 7) is 6.19. The van der Waals surface area contributed by atoms with E-state index in [1.807, 2.05) is 6.07 Å². The Kier molecular flexibility index (Phi) is 4.32. The summed E-state index contributed by atoms with van der Waals surface area (Å²) in [5.74, 6) is 0. The van der Waals surface area contributed by atoms with Crippen molar-refractivity contribution in [1.29, 1.82) is 5.26 Å². The van der Waals surface area contributed by atoms with Crippen LogP contribution in [-0.2, 0) is 5.41 Å². The second-order valence-corrected chi connectivity index (χ2v) is 7.16. The van der Waals surface area contributed by atoms with Crippen molar-refractivity contribution in [3.8, 4) is 6.07 Å². The molecule has 1 fully saturated rings. The molecule has 0 bridgehead atoms. The number of nitrogens with one attached hydrogen (secondary N) is 1. The van der Waals surface area contributed by atoms with E-state index in [2.05, 4.69) is 59.4 Å². The van der Waals surface area contributed by atoms with Crippen molar-refractivity contribution in [2.45, 2.75) is 38.5 Å². The summed E-state index contributed by atoms with van der Waals surface area (Å²) >= 11 is 3.52. The Hall–Kier alpha value is -0.850. The van der Waals surface area contributed by atoms with Gasteiger partial charge in [-0.25, -0.2) is 0 Å². The summed E-state index contributed by atoms with van der Waals surface area (Å²) in [5.41, 5.74) is 1.30. The summed E-state index contributed by atoms with van der Waals surface area (Å²) in [6, 6.07) is 10.9. The summed E-state index contributed by atoms with van der Waals surface area (Å²) in [5, 5.41) is 12.7. The van der Waals surface area contributed by atoms with Gasteiger partial charge in [-0.05, 0) is 30.5 Å². The first-order valence-corrected chi connectivity index (χ1v) is 7.65. The fraction of sp³-hybridized carbons (Fsp3) is 0.562. The van der Waals surface area contributed by atoms with Crippen LogP contribution in [0.25, 0.3) is 0 Å². The minimum atomic E-state index is -0.0899. The van der Waals surface area contributed by atoms with Crippen LogP contribution in [-0.4, -0.2) is 13.1 Å². The Morgan fingerprint density at radius 1 is 1.42 bits per heavy atom. The average Bonchev–Trinajstić information content (AvgIpc) is 2.32. The van der Waals surface area contributed by atoms with E-state index >= 15 is 0 Å². The molecule has 2 rings (SSSR count). The number of hydrogen-bond acceptors (Lipinski definition) is 2. The predicted molar refractivity (Wildman–Crippen MR) is 81.9 cm³/mol. The van der Waals surface area contributed by atoms with E-state index in [4.69, 9.17) is 0 Å². The van der Waals surface area contributed by atoms with E-state index in [0.29, 0.717) is 0 Å². The van der Waals surface area contributed by atoms with E-state index < -0.39 is 0 Å². The summed E-state index contributed by atoms with van der Waals surface area (Å²) in [4.78, 5) is 0. The van der Waals surface area contributed by atoms with Gasteiger partial charge in [0.25, 0.3) is 0 Å². The van der Waals surface area contributed by atoms with Crippen LogP contribution in [0.2, 0.25) is 0 Å². The van der Waals surface area contributed by atoms with E-state index in [-0.39, 0.29) is 10.8 Å². The minimum Gasteiger partial charge on any atom is -0.314 e. The zero-order chi connectivity index (χ0) is 13.9. The average molecular weight is 321 g/mol. The fourth-order valence-electron chi connectivity index (χ4n) is 2.56. The molecule has 1 aromatic rings. The van der Waals surface area contributed by atoms with Gasteiger partial charge in [-0.15, -0.1) is 0 Å². The molecule has 3 heteroatoms. The minimum absolute atomic E-state index is 0.0736. The lowest BCUT2D eigenvalue weighted by Gasteiger charge is -2.36. The number of halogens is 1. The number of rotatable bonds is 5. The van der Waals surface area contributed by atoms with Crippen LogP contribution >= 0.6 is 15.9 Å². The quantitative estimate of drug-likeness (QED) is 0.889. The Morgan fingerprint density at radius 3 is 2.68 bits per heavy atom. The molecular formula is C16H21BrN2.